The van der Waals surface area contributed by atoms with Gasteiger partial charge in [-0.1, -0.05) is 0 Å². The van der Waals surface area contributed by atoms with Crippen LogP contribution in [0.1, 0.15) is 20.8 Å². The largest absolute Gasteiger partial charge is 0.459 e. The molecular formula is C13H18F9NO3. The second kappa shape index (κ2) is 7.79. The highest BCUT2D eigenvalue weighted by Gasteiger charge is 2.85. The molecule has 0 aliphatic carbocycles. The first kappa shape index (κ1) is 24.8. The normalized spacial score (nSPS) is 14.7. The molecule has 0 bridgehead atoms. The van der Waals surface area contributed by atoms with Gasteiger partial charge < -0.3 is 9.47 Å². The summed E-state index contributed by atoms with van der Waals surface area (Å²) in [7, 11) is 1.09. The molecule has 0 radical (unpaired) electrons. The Kier molecular flexibility index (Phi) is 7.41. The fourth-order valence-electron chi connectivity index (χ4n) is 1.76. The zero-order valence-corrected chi connectivity index (χ0v) is 14.2. The number of halogens is 9. The number of rotatable bonds is 6. The number of esters is 1. The molecule has 0 spiro atoms. The van der Waals surface area contributed by atoms with E-state index in [4.69, 9.17) is 4.74 Å². The van der Waals surface area contributed by atoms with E-state index < -0.39 is 55.4 Å². The molecule has 0 saturated carbocycles. The summed E-state index contributed by atoms with van der Waals surface area (Å²) in [6.45, 7) is 1.56. The minimum absolute atomic E-state index is 0.572. The van der Waals surface area contributed by atoms with Crippen LogP contribution in [0, 0.1) is 0 Å². The molecular weight excluding hydrogens is 389 g/mol. The molecule has 0 saturated heterocycles. The third kappa shape index (κ3) is 6.18. The fraction of sp³-hybridized carbons (Fsp3) is 0.923. The smallest absolute Gasteiger partial charge is 0.435 e. The van der Waals surface area contributed by atoms with E-state index in [-0.39, 0.29) is 0 Å². The van der Waals surface area contributed by atoms with Crippen LogP contribution < -0.4 is 0 Å². The van der Waals surface area contributed by atoms with E-state index in [0.717, 1.165) is 11.9 Å². The van der Waals surface area contributed by atoms with Crippen LogP contribution in [0.2, 0.25) is 0 Å². The quantitative estimate of drug-likeness (QED) is 0.497. The molecule has 0 heterocycles. The van der Waals surface area contributed by atoms with Gasteiger partial charge >= 0.3 is 30.1 Å². The van der Waals surface area contributed by atoms with Crippen molar-refractivity contribution in [2.45, 2.75) is 50.5 Å². The predicted molar refractivity (Wildman–Crippen MR) is 70.2 cm³/mol. The second-order valence-electron chi connectivity index (χ2n) is 6.35. The second-order valence-corrected chi connectivity index (χ2v) is 6.35. The molecule has 0 aliphatic heterocycles. The number of hydrogen-bond donors (Lipinski definition) is 0. The lowest BCUT2D eigenvalue weighted by Gasteiger charge is -2.38. The van der Waals surface area contributed by atoms with Crippen molar-refractivity contribution < 1.29 is 53.8 Å². The van der Waals surface area contributed by atoms with E-state index in [1.807, 2.05) is 0 Å². The summed E-state index contributed by atoms with van der Waals surface area (Å²) in [5.41, 5.74) is -7.22. The Labute approximate surface area is 143 Å². The van der Waals surface area contributed by atoms with E-state index in [9.17, 15) is 44.3 Å². The summed E-state index contributed by atoms with van der Waals surface area (Å²) < 4.78 is 122. The third-order valence-corrected chi connectivity index (χ3v) is 2.81. The number of nitrogens with zero attached hydrogens (tertiary/aromatic N) is 1. The first-order chi connectivity index (χ1) is 11.2. The number of alkyl halides is 9. The van der Waals surface area contributed by atoms with Gasteiger partial charge in [-0.15, -0.1) is 0 Å². The molecule has 0 aromatic rings. The lowest BCUT2D eigenvalue weighted by atomic mass is 10.0. The number of ether oxygens (including phenoxy) is 2. The van der Waals surface area contributed by atoms with Crippen LogP contribution >= 0.6 is 0 Å². The number of carbonyl (C=O) groups is 1. The van der Waals surface area contributed by atoms with Gasteiger partial charge in [0, 0.05) is 6.54 Å². The topological polar surface area (TPSA) is 38.8 Å². The molecule has 0 aliphatic rings. The molecule has 0 aromatic heterocycles. The van der Waals surface area contributed by atoms with Gasteiger partial charge in [-0.3, -0.25) is 9.69 Å². The maximum atomic E-state index is 12.6. The van der Waals surface area contributed by atoms with E-state index in [1.165, 1.54) is 20.8 Å². The molecule has 0 amide bonds. The minimum Gasteiger partial charge on any atom is -0.459 e. The van der Waals surface area contributed by atoms with Crippen molar-refractivity contribution in [1.82, 2.24) is 4.90 Å². The molecule has 26 heavy (non-hydrogen) atoms. The Morgan fingerprint density at radius 3 is 1.54 bits per heavy atom. The molecule has 0 unspecified atom stereocenters. The van der Waals surface area contributed by atoms with E-state index in [1.54, 1.807) is 0 Å². The van der Waals surface area contributed by atoms with E-state index >= 15 is 0 Å². The Morgan fingerprint density at radius 1 is 0.846 bits per heavy atom. The van der Waals surface area contributed by atoms with Gasteiger partial charge in [0.1, 0.15) is 5.60 Å². The molecule has 13 heteroatoms. The summed E-state index contributed by atoms with van der Waals surface area (Å²) in [6.07, 6.45) is -20.4. The van der Waals surface area contributed by atoms with Gasteiger partial charge in [-0.2, -0.15) is 39.5 Å². The zero-order valence-electron chi connectivity index (χ0n) is 14.2. The molecule has 156 valence electrons. The molecule has 4 nitrogen and oxygen atoms in total. The van der Waals surface area contributed by atoms with Crippen LogP contribution in [-0.4, -0.2) is 67.3 Å². The van der Waals surface area contributed by atoms with Crippen LogP contribution in [-0.2, 0) is 14.3 Å². The Bertz CT molecular complexity index is 441. The van der Waals surface area contributed by atoms with E-state index in [2.05, 4.69) is 4.74 Å². The summed E-state index contributed by atoms with van der Waals surface area (Å²) in [6, 6.07) is 0. The van der Waals surface area contributed by atoms with Crippen LogP contribution in [0.4, 0.5) is 39.5 Å². The number of carbonyl (C=O) groups excluding carboxylic acids is 1. The minimum atomic E-state index is -6.78. The van der Waals surface area contributed by atoms with Crippen LogP contribution in [0.25, 0.3) is 0 Å². The van der Waals surface area contributed by atoms with Crippen molar-refractivity contribution in [3.8, 4) is 0 Å². The average Bonchev–Trinajstić information content (AvgIpc) is 2.26. The Morgan fingerprint density at radius 2 is 1.23 bits per heavy atom. The van der Waals surface area contributed by atoms with Crippen molar-refractivity contribution in [3.63, 3.8) is 0 Å². The van der Waals surface area contributed by atoms with Crippen molar-refractivity contribution in [1.29, 1.82) is 0 Å². The maximum absolute atomic E-state index is 12.6. The van der Waals surface area contributed by atoms with Crippen LogP contribution in [0.3, 0.4) is 0 Å². The summed E-state index contributed by atoms with van der Waals surface area (Å²) in [4.78, 5) is 12.3. The summed E-state index contributed by atoms with van der Waals surface area (Å²) in [5.74, 6) is -0.867. The fourth-order valence-corrected chi connectivity index (χ4v) is 1.76. The van der Waals surface area contributed by atoms with E-state index in [0.29, 0.717) is 0 Å². The predicted octanol–water partition coefficient (Wildman–Crippen LogP) is 3.70. The Hall–Kier alpha value is -1.24. The van der Waals surface area contributed by atoms with Crippen molar-refractivity contribution in [2.75, 3.05) is 26.7 Å². The van der Waals surface area contributed by atoms with Gasteiger partial charge in [0.15, 0.2) is 0 Å². The molecule has 0 aromatic carbocycles. The summed E-state index contributed by atoms with van der Waals surface area (Å²) in [5, 5.41) is 0. The molecule has 0 rings (SSSR count). The first-order valence-corrected chi connectivity index (χ1v) is 6.99. The van der Waals surface area contributed by atoms with Gasteiger partial charge in [0.2, 0.25) is 0 Å². The number of likely N-dealkylation sites (N-methyl/N-ethyl adjacent to an activating group) is 1. The van der Waals surface area contributed by atoms with Gasteiger partial charge in [0.25, 0.3) is 0 Å². The summed E-state index contributed by atoms with van der Waals surface area (Å²) >= 11 is 0. The van der Waals surface area contributed by atoms with Crippen molar-refractivity contribution in [3.05, 3.63) is 0 Å². The monoisotopic (exact) mass is 407 g/mol. The molecule has 0 N–H and O–H groups in total. The first-order valence-electron chi connectivity index (χ1n) is 6.99. The third-order valence-electron chi connectivity index (χ3n) is 2.81. The van der Waals surface area contributed by atoms with Crippen molar-refractivity contribution in [2.24, 2.45) is 0 Å². The van der Waals surface area contributed by atoms with Gasteiger partial charge in [-0.25, -0.2) is 0 Å². The molecule has 0 fully saturated rings. The average molecular weight is 407 g/mol. The van der Waals surface area contributed by atoms with Gasteiger partial charge in [0.05, 0.1) is 13.2 Å². The lowest BCUT2D eigenvalue weighted by Crippen LogP contribution is -2.68. The van der Waals surface area contributed by atoms with Gasteiger partial charge in [-0.05, 0) is 27.8 Å². The van der Waals surface area contributed by atoms with Crippen LogP contribution in [0.5, 0.6) is 0 Å². The van der Waals surface area contributed by atoms with Crippen molar-refractivity contribution >= 4 is 5.97 Å². The standard InChI is InChI=1S/C13H18F9NO3/c1-9(2,3)26-8(24)7-23(4)5-6-25-10(11(14,15)16,12(17,18)19)13(20,21)22/h5-7H2,1-4H3. The Balaban J connectivity index is 5.13. The highest BCUT2D eigenvalue weighted by molar-refractivity contribution is 5.72. The zero-order chi connectivity index (χ0) is 21.2. The lowest BCUT2D eigenvalue weighted by molar-refractivity contribution is -0.457. The maximum Gasteiger partial charge on any atom is 0.435 e. The number of hydrogen-bond acceptors (Lipinski definition) is 4. The SMILES string of the molecule is CN(CCOC(C(F)(F)F)(C(F)(F)F)C(F)(F)F)CC(=O)OC(C)(C)C. The highest BCUT2D eigenvalue weighted by atomic mass is 19.4. The van der Waals surface area contributed by atoms with Crippen LogP contribution in [0.15, 0.2) is 0 Å². The highest BCUT2D eigenvalue weighted by Crippen LogP contribution is 2.54. The molecule has 0 atom stereocenters.